The zero-order valence-corrected chi connectivity index (χ0v) is 26.3. The Morgan fingerprint density at radius 2 is 1.66 bits per heavy atom. The summed E-state index contributed by atoms with van der Waals surface area (Å²) in [4.78, 5) is 22.6. The van der Waals surface area contributed by atoms with Crippen LogP contribution < -0.4 is 4.74 Å². The van der Waals surface area contributed by atoms with Crippen LogP contribution in [0.4, 0.5) is 13.2 Å². The smallest absolute Gasteiger partial charge is 0.416 e. The second-order valence-corrected chi connectivity index (χ2v) is 13.1. The molecule has 0 atom stereocenters. The molecule has 6 nitrogen and oxygen atoms in total. The number of thiazole rings is 1. The lowest BCUT2D eigenvalue weighted by atomic mass is 10.1. The van der Waals surface area contributed by atoms with E-state index in [2.05, 4.69) is 21.9 Å². The maximum absolute atomic E-state index is 13.1. The normalized spacial score (nSPS) is 14.6. The van der Waals surface area contributed by atoms with E-state index in [-0.39, 0.29) is 0 Å². The SMILES string of the molecule is Cc1cc(SCc2sc(-c3ccc(C(F)(F)F)cc3)nc2CN2CCN(Cc3ccc(Cl)cc3)CC2)ccc1OCC(=O)O. The lowest BCUT2D eigenvalue weighted by Gasteiger charge is -2.34. The quantitative estimate of drug-likeness (QED) is 0.164. The number of alkyl halides is 3. The van der Waals surface area contributed by atoms with Crippen molar-refractivity contribution in [2.45, 2.75) is 36.8 Å². The first-order valence-electron chi connectivity index (χ1n) is 14.0. The van der Waals surface area contributed by atoms with Crippen LogP contribution in [0.5, 0.6) is 5.75 Å². The van der Waals surface area contributed by atoms with Gasteiger partial charge in [0, 0.05) is 65.4 Å². The molecule has 0 saturated carbocycles. The minimum Gasteiger partial charge on any atom is -0.482 e. The highest BCUT2D eigenvalue weighted by Crippen LogP contribution is 2.36. The number of benzene rings is 3. The summed E-state index contributed by atoms with van der Waals surface area (Å²) >= 11 is 9.16. The molecule has 0 unspecified atom stereocenters. The number of thioether (sulfide) groups is 1. The summed E-state index contributed by atoms with van der Waals surface area (Å²) in [6, 6.07) is 18.7. The van der Waals surface area contributed by atoms with Gasteiger partial charge in [-0.05, 0) is 60.5 Å². The third-order valence-corrected chi connectivity index (χ3v) is 9.86. The first-order valence-corrected chi connectivity index (χ1v) is 16.1. The minimum absolute atomic E-state index is 0.403. The molecule has 1 aliphatic rings. The van der Waals surface area contributed by atoms with Crippen LogP contribution in [-0.4, -0.2) is 58.6 Å². The standard InChI is InChI=1S/C32H31ClF3N3O3S2/c1-21-16-26(10-11-28(21)42-19-30(40)41)43-20-29-27(37-31(44-29)23-4-6-24(7-5-23)32(34,35)36)18-39-14-12-38(13-15-39)17-22-2-8-25(33)9-3-22/h2-11,16H,12-15,17-20H2,1H3,(H,40,41). The van der Waals surface area contributed by atoms with Crippen LogP contribution in [0.2, 0.25) is 5.02 Å². The molecule has 3 aromatic carbocycles. The van der Waals surface area contributed by atoms with Crippen LogP contribution in [-0.2, 0) is 29.8 Å². The molecule has 232 valence electrons. The van der Waals surface area contributed by atoms with Gasteiger partial charge in [-0.15, -0.1) is 23.1 Å². The first kappa shape index (κ1) is 32.3. The minimum atomic E-state index is -4.39. The van der Waals surface area contributed by atoms with Gasteiger partial charge in [0.25, 0.3) is 0 Å². The van der Waals surface area contributed by atoms with Crippen LogP contribution >= 0.6 is 34.7 Å². The maximum Gasteiger partial charge on any atom is 0.416 e. The molecule has 0 bridgehead atoms. The van der Waals surface area contributed by atoms with Crippen LogP contribution in [0.15, 0.2) is 71.6 Å². The third-order valence-electron chi connectivity index (χ3n) is 7.26. The fourth-order valence-electron chi connectivity index (χ4n) is 4.87. The number of hydrogen-bond acceptors (Lipinski definition) is 7. The Hall–Kier alpha value is -3.09. The lowest BCUT2D eigenvalue weighted by molar-refractivity contribution is -0.139. The first-order chi connectivity index (χ1) is 21.0. The van der Waals surface area contributed by atoms with Crippen LogP contribution in [0.1, 0.15) is 27.3 Å². The van der Waals surface area contributed by atoms with Crippen molar-refractivity contribution in [3.63, 3.8) is 0 Å². The molecule has 0 radical (unpaired) electrons. The zero-order chi connectivity index (χ0) is 31.3. The van der Waals surface area contributed by atoms with Gasteiger partial charge in [0.2, 0.25) is 0 Å². The molecule has 1 fully saturated rings. The number of carbonyl (C=O) groups is 1. The van der Waals surface area contributed by atoms with Gasteiger partial charge in [0.1, 0.15) is 10.8 Å². The number of aromatic nitrogens is 1. The Bertz CT molecular complexity index is 1570. The van der Waals surface area contributed by atoms with Crippen molar-refractivity contribution in [1.82, 2.24) is 14.8 Å². The van der Waals surface area contributed by atoms with Crippen molar-refractivity contribution in [3.05, 3.63) is 99.0 Å². The molecular weight excluding hydrogens is 631 g/mol. The number of aryl methyl sites for hydroxylation is 1. The van der Waals surface area contributed by atoms with E-state index in [0.29, 0.717) is 28.6 Å². The monoisotopic (exact) mass is 661 g/mol. The molecule has 4 aromatic rings. The maximum atomic E-state index is 13.1. The Labute approximate surface area is 267 Å². The van der Waals surface area contributed by atoms with Gasteiger partial charge in [-0.3, -0.25) is 9.80 Å². The molecule has 44 heavy (non-hydrogen) atoms. The van der Waals surface area contributed by atoms with Crippen molar-refractivity contribution < 1.29 is 27.8 Å². The van der Waals surface area contributed by atoms with E-state index in [4.69, 9.17) is 26.4 Å². The van der Waals surface area contributed by atoms with Crippen molar-refractivity contribution >= 4 is 40.7 Å². The predicted octanol–water partition coefficient (Wildman–Crippen LogP) is 7.86. The summed E-state index contributed by atoms with van der Waals surface area (Å²) in [6.45, 7) is 6.57. The van der Waals surface area contributed by atoms with E-state index in [9.17, 15) is 18.0 Å². The molecular formula is C32H31ClF3N3O3S2. The molecule has 0 aliphatic carbocycles. The molecule has 2 heterocycles. The van der Waals surface area contributed by atoms with Gasteiger partial charge < -0.3 is 9.84 Å². The van der Waals surface area contributed by atoms with E-state index in [0.717, 1.165) is 70.9 Å². The number of hydrogen-bond donors (Lipinski definition) is 1. The Morgan fingerprint density at radius 3 is 2.27 bits per heavy atom. The Kier molecular flexibility index (Phi) is 10.5. The van der Waals surface area contributed by atoms with Crippen molar-refractivity contribution in [2.24, 2.45) is 0 Å². The molecule has 1 aliphatic heterocycles. The van der Waals surface area contributed by atoms with Gasteiger partial charge in [-0.2, -0.15) is 13.2 Å². The number of piperazine rings is 1. The van der Waals surface area contributed by atoms with Crippen molar-refractivity contribution in [2.75, 3.05) is 32.8 Å². The molecule has 1 aromatic heterocycles. The molecule has 1 N–H and O–H groups in total. The van der Waals surface area contributed by atoms with E-state index in [1.54, 1.807) is 17.8 Å². The zero-order valence-electron chi connectivity index (χ0n) is 23.9. The highest BCUT2D eigenvalue weighted by molar-refractivity contribution is 7.98. The van der Waals surface area contributed by atoms with E-state index in [1.165, 1.54) is 29.0 Å². The number of aliphatic carboxylic acids is 1. The fourth-order valence-corrected chi connectivity index (χ4v) is 7.17. The van der Waals surface area contributed by atoms with Gasteiger partial charge in [0.05, 0.1) is 11.3 Å². The van der Waals surface area contributed by atoms with Gasteiger partial charge >= 0.3 is 12.1 Å². The molecule has 0 amide bonds. The topological polar surface area (TPSA) is 65.9 Å². The third kappa shape index (κ3) is 8.76. The number of carboxylic acids is 1. The number of nitrogens with zero attached hydrogens (tertiary/aromatic N) is 3. The van der Waals surface area contributed by atoms with Gasteiger partial charge in [-0.1, -0.05) is 35.9 Å². The van der Waals surface area contributed by atoms with Crippen LogP contribution in [0, 0.1) is 6.92 Å². The summed E-state index contributed by atoms with van der Waals surface area (Å²) in [7, 11) is 0. The second-order valence-electron chi connectivity index (χ2n) is 10.5. The van der Waals surface area contributed by atoms with Crippen LogP contribution in [0.3, 0.4) is 0 Å². The predicted molar refractivity (Wildman–Crippen MR) is 168 cm³/mol. The highest BCUT2D eigenvalue weighted by Gasteiger charge is 2.30. The summed E-state index contributed by atoms with van der Waals surface area (Å²) < 4.78 is 44.8. The molecule has 5 rings (SSSR count). The molecule has 0 spiro atoms. The average Bonchev–Trinajstić information content (AvgIpc) is 3.39. The molecule has 12 heteroatoms. The summed E-state index contributed by atoms with van der Waals surface area (Å²) in [5.41, 5.74) is 2.96. The number of halogens is 4. The van der Waals surface area contributed by atoms with E-state index >= 15 is 0 Å². The lowest BCUT2D eigenvalue weighted by Crippen LogP contribution is -2.45. The average molecular weight is 662 g/mol. The Balaban J connectivity index is 1.29. The highest BCUT2D eigenvalue weighted by atomic mass is 35.5. The Morgan fingerprint density at radius 1 is 1.00 bits per heavy atom. The number of rotatable bonds is 11. The van der Waals surface area contributed by atoms with Crippen molar-refractivity contribution in [1.29, 1.82) is 0 Å². The summed E-state index contributed by atoms with van der Waals surface area (Å²) in [6.07, 6.45) is -4.39. The van der Waals surface area contributed by atoms with Gasteiger partial charge in [-0.25, -0.2) is 9.78 Å². The molecule has 1 saturated heterocycles. The summed E-state index contributed by atoms with van der Waals surface area (Å²) in [5.74, 6) is 0.126. The van der Waals surface area contributed by atoms with Crippen molar-refractivity contribution in [3.8, 4) is 16.3 Å². The number of ether oxygens (including phenoxy) is 1. The fraction of sp³-hybridized carbons (Fsp3) is 0.312. The second kappa shape index (κ2) is 14.3. The van der Waals surface area contributed by atoms with Crippen LogP contribution in [0.25, 0.3) is 10.6 Å². The summed E-state index contributed by atoms with van der Waals surface area (Å²) in [5, 5.41) is 10.3. The van der Waals surface area contributed by atoms with E-state index < -0.39 is 24.3 Å². The number of carboxylic acid groups (broad SMARTS) is 1. The van der Waals surface area contributed by atoms with Gasteiger partial charge in [0.15, 0.2) is 6.61 Å². The van der Waals surface area contributed by atoms with E-state index in [1.807, 2.05) is 31.2 Å². The largest absolute Gasteiger partial charge is 0.482 e.